The van der Waals surface area contributed by atoms with Crippen LogP contribution in [0, 0.1) is 5.41 Å². The quantitative estimate of drug-likeness (QED) is 0.427. The molecule has 3 rings (SSSR count). The predicted octanol–water partition coefficient (Wildman–Crippen LogP) is 4.07. The summed E-state index contributed by atoms with van der Waals surface area (Å²) in [6.07, 6.45) is 3.88. The van der Waals surface area contributed by atoms with Crippen LogP contribution in [0.25, 0.3) is 16.9 Å². The van der Waals surface area contributed by atoms with Gasteiger partial charge in [0.25, 0.3) is 0 Å². The zero-order chi connectivity index (χ0) is 15.4. The van der Waals surface area contributed by atoms with E-state index < -0.39 is 0 Å². The zero-order valence-corrected chi connectivity index (χ0v) is 12.2. The topological polar surface area (TPSA) is 51.5 Å². The molecule has 0 atom stereocenters. The Morgan fingerprint density at radius 3 is 2.18 bits per heavy atom. The minimum atomic E-state index is -0.165. The molecule has 22 heavy (non-hydrogen) atoms. The first kappa shape index (κ1) is 14.0. The molecule has 0 aliphatic heterocycles. The van der Waals surface area contributed by atoms with Gasteiger partial charge in [0.15, 0.2) is 18.9 Å². The van der Waals surface area contributed by atoms with Crippen LogP contribution in [0.3, 0.4) is 0 Å². The van der Waals surface area contributed by atoms with Gasteiger partial charge in [0.2, 0.25) is 0 Å². The molecule has 0 fully saturated rings. The van der Waals surface area contributed by atoms with Gasteiger partial charge in [-0.1, -0.05) is 66.5 Å². The summed E-state index contributed by atoms with van der Waals surface area (Å²) >= 11 is 0. The third-order valence-corrected chi connectivity index (χ3v) is 3.58. The van der Waals surface area contributed by atoms with Crippen molar-refractivity contribution >= 4 is 5.84 Å². The molecule has 3 nitrogen and oxygen atoms in total. The Kier molecular flexibility index (Phi) is 3.97. The molecule has 2 N–H and O–H groups in total. The normalized spacial score (nSPS) is 10.4. The molecular formula is C19H17N3. The molecule has 3 heteroatoms. The number of amidine groups is 1. The van der Waals surface area contributed by atoms with Crippen molar-refractivity contribution in [2.75, 3.05) is 0 Å². The fourth-order valence-electron chi connectivity index (χ4n) is 2.50. The lowest BCUT2D eigenvalue weighted by molar-refractivity contribution is -0.688. The van der Waals surface area contributed by atoms with E-state index in [1.165, 1.54) is 5.56 Å². The first-order valence-electron chi connectivity index (χ1n) is 7.17. The standard InChI is InChI=1S/C19H17N3/c20-19(21)18-14-22(13-15-7-3-1-4-8-15)12-11-17(18)16-9-5-2-6-10-16/h1-12,14H,13H2,(H2-,20,21). The van der Waals surface area contributed by atoms with Gasteiger partial charge in [0.1, 0.15) is 0 Å². The first-order valence-corrected chi connectivity index (χ1v) is 7.17. The number of benzene rings is 2. The van der Waals surface area contributed by atoms with Crippen molar-refractivity contribution in [2.24, 2.45) is 0 Å². The lowest BCUT2D eigenvalue weighted by atomic mass is 10.0. The van der Waals surface area contributed by atoms with Crippen molar-refractivity contribution in [3.05, 3.63) is 96.0 Å². The van der Waals surface area contributed by atoms with Crippen molar-refractivity contribution < 1.29 is 4.57 Å². The Morgan fingerprint density at radius 2 is 1.55 bits per heavy atom. The number of pyridine rings is 1. The van der Waals surface area contributed by atoms with Crippen molar-refractivity contribution in [2.45, 2.75) is 6.54 Å². The largest absolute Gasteiger partial charge is 0.482 e. The molecule has 0 saturated carbocycles. The van der Waals surface area contributed by atoms with E-state index in [-0.39, 0.29) is 5.84 Å². The molecule has 0 unspecified atom stereocenters. The summed E-state index contributed by atoms with van der Waals surface area (Å²) < 4.78 is 2.01. The van der Waals surface area contributed by atoms with Gasteiger partial charge in [-0.2, -0.15) is 0 Å². The summed E-state index contributed by atoms with van der Waals surface area (Å²) in [5.41, 5.74) is 11.5. The molecule has 0 amide bonds. The van der Waals surface area contributed by atoms with Crippen LogP contribution in [0.1, 0.15) is 11.1 Å². The lowest BCUT2D eigenvalue weighted by Crippen LogP contribution is -2.34. The average molecular weight is 287 g/mol. The van der Waals surface area contributed by atoms with Gasteiger partial charge < -0.3 is 11.1 Å². The number of hydrogen-bond acceptors (Lipinski definition) is 1. The van der Waals surface area contributed by atoms with Gasteiger partial charge >= 0.3 is 0 Å². The van der Waals surface area contributed by atoms with Gasteiger partial charge in [-0.05, 0) is 5.56 Å². The zero-order valence-electron chi connectivity index (χ0n) is 12.2. The maximum absolute atomic E-state index is 7.76. The van der Waals surface area contributed by atoms with Crippen LogP contribution in [0.15, 0.2) is 79.1 Å². The van der Waals surface area contributed by atoms with Gasteiger partial charge in [0.05, 0.1) is 0 Å². The second-order valence-corrected chi connectivity index (χ2v) is 5.17. The Morgan fingerprint density at radius 1 is 0.909 bits per heavy atom. The van der Waals surface area contributed by atoms with E-state index in [0.29, 0.717) is 5.56 Å². The Labute approximate surface area is 130 Å². The van der Waals surface area contributed by atoms with E-state index in [1.807, 2.05) is 71.6 Å². The predicted molar refractivity (Wildman–Crippen MR) is 88.8 cm³/mol. The van der Waals surface area contributed by atoms with Crippen LogP contribution in [0.5, 0.6) is 0 Å². The molecule has 0 aliphatic carbocycles. The molecule has 1 heterocycles. The Hall–Kier alpha value is -2.94. The van der Waals surface area contributed by atoms with E-state index in [2.05, 4.69) is 12.1 Å². The fraction of sp³-hybridized carbons (Fsp3) is 0.0526. The van der Waals surface area contributed by atoms with Gasteiger partial charge in [-0.25, -0.2) is 4.57 Å². The van der Waals surface area contributed by atoms with Crippen molar-refractivity contribution in [3.63, 3.8) is 0 Å². The molecule has 1 aromatic heterocycles. The maximum atomic E-state index is 7.76. The van der Waals surface area contributed by atoms with Gasteiger partial charge in [-0.3, -0.25) is 0 Å². The molecule has 108 valence electrons. The van der Waals surface area contributed by atoms with Crippen LogP contribution >= 0.6 is 0 Å². The number of hydrogen-bond donors (Lipinski definition) is 1. The van der Waals surface area contributed by atoms with Crippen LogP contribution in [0.4, 0.5) is 0 Å². The highest BCUT2D eigenvalue weighted by atomic mass is 14.9. The monoisotopic (exact) mass is 287 g/mol. The SMILES string of the molecule is N=C([NH-])c1c[n+](Cc2ccccc2)ccc1-c1ccccc1. The number of nitrogens with zero attached hydrogens (tertiary/aromatic N) is 1. The minimum absolute atomic E-state index is 0.165. The highest BCUT2D eigenvalue weighted by Gasteiger charge is 2.11. The lowest BCUT2D eigenvalue weighted by Gasteiger charge is -2.11. The highest BCUT2D eigenvalue weighted by molar-refractivity contribution is 6.06. The summed E-state index contributed by atoms with van der Waals surface area (Å²) in [6.45, 7) is 0.732. The van der Waals surface area contributed by atoms with E-state index in [9.17, 15) is 0 Å². The Bertz CT molecular complexity index is 780. The van der Waals surface area contributed by atoms with E-state index in [0.717, 1.165) is 17.7 Å². The molecule has 2 aromatic carbocycles. The number of aromatic nitrogens is 1. The average Bonchev–Trinajstić information content (AvgIpc) is 2.56. The third kappa shape index (κ3) is 3.04. The summed E-state index contributed by atoms with van der Waals surface area (Å²) in [7, 11) is 0. The maximum Gasteiger partial charge on any atom is 0.176 e. The highest BCUT2D eigenvalue weighted by Crippen LogP contribution is 2.22. The van der Waals surface area contributed by atoms with Crippen LogP contribution < -0.4 is 4.57 Å². The third-order valence-electron chi connectivity index (χ3n) is 3.58. The van der Waals surface area contributed by atoms with Gasteiger partial charge in [0, 0.05) is 22.8 Å². The molecule has 0 spiro atoms. The molecule has 0 aliphatic rings. The summed E-state index contributed by atoms with van der Waals surface area (Å²) in [5.74, 6) is -0.165. The summed E-state index contributed by atoms with van der Waals surface area (Å²) in [5, 5.41) is 7.76. The van der Waals surface area contributed by atoms with E-state index >= 15 is 0 Å². The smallest absolute Gasteiger partial charge is 0.176 e. The van der Waals surface area contributed by atoms with Crippen molar-refractivity contribution in [1.82, 2.24) is 0 Å². The van der Waals surface area contributed by atoms with Crippen LogP contribution in [0.2, 0.25) is 0 Å². The van der Waals surface area contributed by atoms with E-state index in [1.54, 1.807) is 0 Å². The second-order valence-electron chi connectivity index (χ2n) is 5.17. The second kappa shape index (κ2) is 6.22. The van der Waals surface area contributed by atoms with E-state index in [4.69, 9.17) is 11.1 Å². The van der Waals surface area contributed by atoms with Crippen LogP contribution in [-0.2, 0) is 6.54 Å². The van der Waals surface area contributed by atoms with Crippen molar-refractivity contribution in [3.8, 4) is 11.1 Å². The number of nitrogens with one attached hydrogen (secondary N) is 2. The fourth-order valence-corrected chi connectivity index (χ4v) is 2.50. The first-order chi connectivity index (χ1) is 10.7. The minimum Gasteiger partial charge on any atom is -0.482 e. The number of rotatable bonds is 4. The molecule has 3 aromatic rings. The molecule has 0 radical (unpaired) electrons. The van der Waals surface area contributed by atoms with Crippen LogP contribution in [-0.4, -0.2) is 5.84 Å². The van der Waals surface area contributed by atoms with Gasteiger partial charge in [-0.15, -0.1) is 0 Å². The molecule has 0 saturated heterocycles. The Balaban J connectivity index is 1.99. The van der Waals surface area contributed by atoms with Crippen molar-refractivity contribution in [1.29, 1.82) is 5.41 Å². The molecular weight excluding hydrogens is 270 g/mol. The summed E-state index contributed by atoms with van der Waals surface area (Å²) in [6, 6.07) is 22.1. The summed E-state index contributed by atoms with van der Waals surface area (Å²) in [4.78, 5) is 0. The molecule has 0 bridgehead atoms.